The van der Waals surface area contributed by atoms with Crippen LogP contribution in [0, 0.1) is 11.8 Å². The molecule has 4 aromatic rings. The summed E-state index contributed by atoms with van der Waals surface area (Å²) in [6.07, 6.45) is 4.83. The first-order valence-electron chi connectivity index (χ1n) is 11.0. The van der Waals surface area contributed by atoms with E-state index in [4.69, 9.17) is 5.73 Å². The van der Waals surface area contributed by atoms with Gasteiger partial charge in [-0.1, -0.05) is 23.2 Å². The number of piperidine rings is 1. The maximum Gasteiger partial charge on any atom is 0.240 e. The van der Waals surface area contributed by atoms with Crippen LogP contribution in [0.4, 0.5) is 16.8 Å². The monoisotopic (exact) mass is 505 g/mol. The lowest BCUT2D eigenvalue weighted by molar-refractivity contribution is 0.427. The maximum absolute atomic E-state index is 12.6. The van der Waals surface area contributed by atoms with Crippen molar-refractivity contribution in [1.29, 1.82) is 0 Å². The van der Waals surface area contributed by atoms with Crippen LogP contribution in [0.5, 0.6) is 0 Å². The highest BCUT2D eigenvalue weighted by atomic mass is 32.2. The first kappa shape index (κ1) is 23.2. The molecule has 1 aliphatic rings. The molecular formula is C24H23N7O2S2. The summed E-state index contributed by atoms with van der Waals surface area (Å²) < 4.78 is 29.1. The molecule has 0 saturated carbocycles. The van der Waals surface area contributed by atoms with Crippen molar-refractivity contribution in [2.45, 2.75) is 23.8 Å². The van der Waals surface area contributed by atoms with E-state index in [0.717, 1.165) is 41.7 Å². The van der Waals surface area contributed by atoms with Crippen molar-refractivity contribution in [2.24, 2.45) is 0 Å². The molecule has 0 unspecified atom stereocenters. The van der Waals surface area contributed by atoms with Gasteiger partial charge < -0.3 is 16.4 Å². The van der Waals surface area contributed by atoms with Gasteiger partial charge in [-0.25, -0.2) is 28.1 Å². The minimum Gasteiger partial charge on any atom is -0.375 e. The summed E-state index contributed by atoms with van der Waals surface area (Å²) in [5.41, 5.74) is 8.82. The number of hydrogen-bond donors (Lipinski definition) is 4. The Hall–Kier alpha value is -3.56. The summed E-state index contributed by atoms with van der Waals surface area (Å²) in [5, 5.41) is 6.84. The second-order valence-corrected chi connectivity index (χ2v) is 10.9. The Kier molecular flexibility index (Phi) is 6.61. The molecule has 0 amide bonds. The van der Waals surface area contributed by atoms with Crippen LogP contribution in [0.15, 0.2) is 59.8 Å². The molecule has 5 rings (SSSR count). The van der Waals surface area contributed by atoms with Crippen LogP contribution in [-0.4, -0.2) is 42.5 Å². The van der Waals surface area contributed by atoms with Crippen LogP contribution in [0.1, 0.15) is 24.0 Å². The van der Waals surface area contributed by atoms with Gasteiger partial charge in [0, 0.05) is 29.7 Å². The van der Waals surface area contributed by atoms with Crippen LogP contribution in [0.25, 0.3) is 10.2 Å². The molecule has 0 spiro atoms. The second kappa shape index (κ2) is 9.97. The molecule has 1 aliphatic heterocycles. The van der Waals surface area contributed by atoms with Crippen molar-refractivity contribution in [3.8, 4) is 11.8 Å². The van der Waals surface area contributed by atoms with E-state index in [2.05, 4.69) is 42.1 Å². The van der Waals surface area contributed by atoms with Crippen LogP contribution >= 0.6 is 11.3 Å². The van der Waals surface area contributed by atoms with Gasteiger partial charge in [-0.05, 0) is 68.4 Å². The zero-order valence-corrected chi connectivity index (χ0v) is 20.3. The van der Waals surface area contributed by atoms with E-state index in [9.17, 15) is 8.42 Å². The van der Waals surface area contributed by atoms with Crippen LogP contribution < -0.4 is 21.1 Å². The fourth-order valence-corrected chi connectivity index (χ4v) is 5.77. The Morgan fingerprint density at radius 3 is 2.46 bits per heavy atom. The highest BCUT2D eigenvalue weighted by Crippen LogP contribution is 2.24. The number of anilines is 3. The van der Waals surface area contributed by atoms with Crippen molar-refractivity contribution in [2.75, 3.05) is 24.1 Å². The van der Waals surface area contributed by atoms with Gasteiger partial charge in [-0.2, -0.15) is 0 Å². The summed E-state index contributed by atoms with van der Waals surface area (Å²) in [7, 11) is -3.56. The molecule has 9 nitrogen and oxygen atoms in total. The second-order valence-electron chi connectivity index (χ2n) is 8.07. The molecule has 5 N–H and O–H groups in total. The molecule has 1 saturated heterocycles. The van der Waals surface area contributed by atoms with Gasteiger partial charge in [0.25, 0.3) is 0 Å². The smallest absolute Gasteiger partial charge is 0.240 e. The van der Waals surface area contributed by atoms with E-state index in [1.54, 1.807) is 36.7 Å². The van der Waals surface area contributed by atoms with E-state index < -0.39 is 10.0 Å². The molecule has 0 radical (unpaired) electrons. The standard InChI is InChI=1S/C24H23N7O2S2/c25-23-30-21-8-3-16(13-22(21)34-23)1-2-17-14-27-24(28-15-17)29-18-4-6-20(7-5-18)35(32,33)31-19-9-11-26-12-10-19/h3-8,13-15,19,26,31H,9-12H2,(H2,25,30)(H,27,28,29). The van der Waals surface area contributed by atoms with Crippen molar-refractivity contribution in [1.82, 2.24) is 25.0 Å². The molecule has 3 heterocycles. The van der Waals surface area contributed by atoms with E-state index >= 15 is 0 Å². The lowest BCUT2D eigenvalue weighted by Crippen LogP contribution is -2.42. The molecular weight excluding hydrogens is 482 g/mol. The summed E-state index contributed by atoms with van der Waals surface area (Å²) in [6.45, 7) is 1.64. The third-order valence-electron chi connectivity index (χ3n) is 5.49. The Labute approximate surface area is 207 Å². The van der Waals surface area contributed by atoms with Gasteiger partial charge in [0.15, 0.2) is 5.13 Å². The first-order chi connectivity index (χ1) is 16.9. The molecule has 2 aromatic carbocycles. The van der Waals surface area contributed by atoms with E-state index in [1.165, 1.54) is 11.3 Å². The maximum atomic E-state index is 12.6. The Morgan fingerprint density at radius 1 is 1.00 bits per heavy atom. The molecule has 35 heavy (non-hydrogen) atoms. The van der Waals surface area contributed by atoms with E-state index in [1.807, 2.05) is 18.2 Å². The summed E-state index contributed by atoms with van der Waals surface area (Å²) in [5.74, 6) is 6.55. The number of fused-ring (bicyclic) bond motifs is 1. The topological polar surface area (TPSA) is 135 Å². The number of hydrogen-bond acceptors (Lipinski definition) is 9. The number of nitrogens with two attached hydrogens (primary N) is 1. The highest BCUT2D eigenvalue weighted by Gasteiger charge is 2.21. The Bertz CT molecular complexity index is 1500. The molecule has 0 aliphatic carbocycles. The number of nitrogens with zero attached hydrogens (tertiary/aromatic N) is 3. The zero-order valence-electron chi connectivity index (χ0n) is 18.7. The molecule has 0 atom stereocenters. The number of aromatic nitrogens is 3. The summed E-state index contributed by atoms with van der Waals surface area (Å²) in [4.78, 5) is 13.1. The van der Waals surface area contributed by atoms with Crippen molar-refractivity contribution >= 4 is 48.3 Å². The predicted molar refractivity (Wildman–Crippen MR) is 138 cm³/mol. The van der Waals surface area contributed by atoms with E-state index in [0.29, 0.717) is 22.3 Å². The number of nitrogen functional groups attached to an aromatic ring is 1. The minimum absolute atomic E-state index is 0.0385. The largest absolute Gasteiger partial charge is 0.375 e. The lowest BCUT2D eigenvalue weighted by Gasteiger charge is -2.23. The summed E-state index contributed by atoms with van der Waals surface area (Å²) >= 11 is 1.43. The zero-order chi connectivity index (χ0) is 24.3. The van der Waals surface area contributed by atoms with Crippen molar-refractivity contribution in [3.63, 3.8) is 0 Å². The number of benzene rings is 2. The number of rotatable bonds is 5. The van der Waals surface area contributed by atoms with Crippen LogP contribution in [0.3, 0.4) is 0 Å². The summed E-state index contributed by atoms with van der Waals surface area (Å²) in [6, 6.07) is 12.2. The van der Waals surface area contributed by atoms with Gasteiger partial charge in [-0.15, -0.1) is 0 Å². The molecule has 1 fully saturated rings. The molecule has 11 heteroatoms. The minimum atomic E-state index is -3.56. The fourth-order valence-electron chi connectivity index (χ4n) is 3.70. The quantitative estimate of drug-likeness (QED) is 0.304. The predicted octanol–water partition coefficient (Wildman–Crippen LogP) is 2.84. The highest BCUT2D eigenvalue weighted by molar-refractivity contribution is 7.89. The van der Waals surface area contributed by atoms with Crippen molar-refractivity contribution in [3.05, 3.63) is 66.0 Å². The SMILES string of the molecule is Nc1nc2ccc(C#Cc3cnc(Nc4ccc(S(=O)(=O)NC5CCNCC5)cc4)nc3)cc2s1. The molecule has 0 bridgehead atoms. The fraction of sp³-hybridized carbons (Fsp3) is 0.208. The van der Waals surface area contributed by atoms with Gasteiger partial charge in [0.2, 0.25) is 16.0 Å². The van der Waals surface area contributed by atoms with Crippen LogP contribution in [-0.2, 0) is 10.0 Å². The third kappa shape index (κ3) is 5.75. The molecule has 178 valence electrons. The van der Waals surface area contributed by atoms with Gasteiger partial charge >= 0.3 is 0 Å². The van der Waals surface area contributed by atoms with E-state index in [-0.39, 0.29) is 10.9 Å². The average molecular weight is 506 g/mol. The Balaban J connectivity index is 1.22. The third-order valence-corrected chi connectivity index (χ3v) is 7.87. The lowest BCUT2D eigenvalue weighted by atomic mass is 10.1. The van der Waals surface area contributed by atoms with Crippen molar-refractivity contribution < 1.29 is 8.42 Å². The van der Waals surface area contributed by atoms with Gasteiger partial charge in [0.1, 0.15) is 0 Å². The van der Waals surface area contributed by atoms with Crippen LogP contribution in [0.2, 0.25) is 0 Å². The molecule has 2 aromatic heterocycles. The number of thiazole rings is 1. The number of sulfonamides is 1. The van der Waals surface area contributed by atoms with Gasteiger partial charge in [-0.3, -0.25) is 0 Å². The normalized spacial score (nSPS) is 14.4. The average Bonchev–Trinajstić information content (AvgIpc) is 3.23. The van der Waals surface area contributed by atoms with Gasteiger partial charge in [0.05, 0.1) is 20.7 Å². The first-order valence-corrected chi connectivity index (χ1v) is 13.3. The number of nitrogens with one attached hydrogen (secondary N) is 3. The Morgan fingerprint density at radius 2 is 1.71 bits per heavy atom.